The second-order valence-corrected chi connectivity index (χ2v) is 5.14. The van der Waals surface area contributed by atoms with E-state index in [2.05, 4.69) is 22.2 Å². The molecule has 0 aromatic heterocycles. The predicted octanol–water partition coefficient (Wildman–Crippen LogP) is 2.30. The molecule has 0 amide bonds. The molecule has 3 N–H and O–H groups in total. The lowest BCUT2D eigenvalue weighted by Crippen LogP contribution is -2.38. The first-order valence-corrected chi connectivity index (χ1v) is 6.51. The van der Waals surface area contributed by atoms with E-state index < -0.39 is 0 Å². The van der Waals surface area contributed by atoms with Crippen LogP contribution in [0.5, 0.6) is 0 Å². The summed E-state index contributed by atoms with van der Waals surface area (Å²) in [6.07, 6.45) is 1.90. The molecule has 0 saturated carbocycles. The van der Waals surface area contributed by atoms with E-state index >= 15 is 0 Å². The van der Waals surface area contributed by atoms with Crippen LogP contribution in [0.15, 0.2) is 29.4 Å². The SMILES string of the molecule is NC(=NO)C1CCN(Cc2ccc(Cl)cc2)CC1. The van der Waals surface area contributed by atoms with Crippen molar-refractivity contribution in [1.29, 1.82) is 0 Å². The zero-order valence-electron chi connectivity index (χ0n) is 10.2. The Balaban J connectivity index is 1.85. The van der Waals surface area contributed by atoms with Crippen molar-refractivity contribution < 1.29 is 5.21 Å². The van der Waals surface area contributed by atoms with E-state index in [1.807, 2.05) is 12.1 Å². The van der Waals surface area contributed by atoms with Crippen molar-refractivity contribution in [3.8, 4) is 0 Å². The molecule has 1 saturated heterocycles. The van der Waals surface area contributed by atoms with Gasteiger partial charge >= 0.3 is 0 Å². The molecule has 0 atom stereocenters. The molecule has 1 aliphatic heterocycles. The zero-order valence-corrected chi connectivity index (χ0v) is 11.0. The summed E-state index contributed by atoms with van der Waals surface area (Å²) in [6.45, 7) is 2.88. The standard InChI is InChI=1S/C13H18ClN3O/c14-12-3-1-10(2-4-12)9-17-7-5-11(6-8-17)13(15)16-18/h1-4,11,18H,5-9H2,(H2,15,16). The van der Waals surface area contributed by atoms with E-state index in [0.29, 0.717) is 5.84 Å². The van der Waals surface area contributed by atoms with Gasteiger partial charge < -0.3 is 10.9 Å². The minimum atomic E-state index is 0.219. The lowest BCUT2D eigenvalue weighted by Gasteiger charge is -2.31. The summed E-state index contributed by atoms with van der Waals surface area (Å²) in [5.74, 6) is 0.581. The van der Waals surface area contributed by atoms with E-state index in [1.54, 1.807) is 0 Å². The topological polar surface area (TPSA) is 61.9 Å². The summed E-state index contributed by atoms with van der Waals surface area (Å²) in [5.41, 5.74) is 6.89. The average Bonchev–Trinajstić information content (AvgIpc) is 2.41. The molecule has 4 nitrogen and oxygen atoms in total. The Morgan fingerprint density at radius 2 is 1.94 bits per heavy atom. The Labute approximate surface area is 112 Å². The second kappa shape index (κ2) is 6.07. The van der Waals surface area contributed by atoms with Gasteiger partial charge in [-0.2, -0.15) is 0 Å². The molecule has 0 bridgehead atoms. The van der Waals surface area contributed by atoms with E-state index in [0.717, 1.165) is 37.5 Å². The summed E-state index contributed by atoms with van der Waals surface area (Å²) in [6, 6.07) is 7.94. The summed E-state index contributed by atoms with van der Waals surface area (Å²) in [4.78, 5) is 2.38. The second-order valence-electron chi connectivity index (χ2n) is 4.70. The number of nitrogens with zero attached hydrogens (tertiary/aromatic N) is 2. The fourth-order valence-corrected chi connectivity index (χ4v) is 2.44. The first-order valence-electron chi connectivity index (χ1n) is 6.13. The van der Waals surface area contributed by atoms with Crippen LogP contribution in [-0.2, 0) is 6.54 Å². The Bertz CT molecular complexity index is 411. The number of benzene rings is 1. The molecule has 18 heavy (non-hydrogen) atoms. The van der Waals surface area contributed by atoms with Gasteiger partial charge in [0.25, 0.3) is 0 Å². The van der Waals surface area contributed by atoms with Crippen molar-refractivity contribution >= 4 is 17.4 Å². The summed E-state index contributed by atoms with van der Waals surface area (Å²) < 4.78 is 0. The van der Waals surface area contributed by atoms with Crippen LogP contribution in [0.4, 0.5) is 0 Å². The van der Waals surface area contributed by atoms with Crippen LogP contribution in [0.2, 0.25) is 5.02 Å². The Kier molecular flexibility index (Phi) is 4.44. The third kappa shape index (κ3) is 3.37. The van der Waals surface area contributed by atoms with Crippen molar-refractivity contribution in [1.82, 2.24) is 4.90 Å². The molecule has 1 aliphatic rings. The van der Waals surface area contributed by atoms with Crippen LogP contribution in [0.3, 0.4) is 0 Å². The summed E-state index contributed by atoms with van der Waals surface area (Å²) in [7, 11) is 0. The van der Waals surface area contributed by atoms with Crippen LogP contribution in [0, 0.1) is 5.92 Å². The number of halogens is 1. The van der Waals surface area contributed by atoms with Crippen LogP contribution in [0.25, 0.3) is 0 Å². The lowest BCUT2D eigenvalue weighted by molar-refractivity contribution is 0.198. The molecule has 0 unspecified atom stereocenters. The van der Waals surface area contributed by atoms with Gasteiger partial charge in [-0.1, -0.05) is 28.9 Å². The van der Waals surface area contributed by atoms with Gasteiger partial charge in [0.15, 0.2) is 0 Å². The molecule has 1 heterocycles. The van der Waals surface area contributed by atoms with Crippen molar-refractivity contribution in [2.24, 2.45) is 16.8 Å². The Morgan fingerprint density at radius 1 is 1.33 bits per heavy atom. The zero-order chi connectivity index (χ0) is 13.0. The minimum absolute atomic E-state index is 0.219. The maximum absolute atomic E-state index is 8.65. The van der Waals surface area contributed by atoms with Gasteiger partial charge in [0.2, 0.25) is 0 Å². The van der Waals surface area contributed by atoms with Gasteiger partial charge in [0, 0.05) is 17.5 Å². The predicted molar refractivity (Wildman–Crippen MR) is 72.9 cm³/mol. The monoisotopic (exact) mass is 267 g/mol. The number of hydrogen-bond acceptors (Lipinski definition) is 3. The molecule has 0 spiro atoms. The highest BCUT2D eigenvalue weighted by Gasteiger charge is 2.22. The van der Waals surface area contributed by atoms with Crippen LogP contribution in [-0.4, -0.2) is 29.0 Å². The van der Waals surface area contributed by atoms with Crippen molar-refractivity contribution in [3.63, 3.8) is 0 Å². The maximum atomic E-state index is 8.65. The number of amidine groups is 1. The van der Waals surface area contributed by atoms with Crippen molar-refractivity contribution in [2.45, 2.75) is 19.4 Å². The quantitative estimate of drug-likeness (QED) is 0.382. The highest BCUT2D eigenvalue weighted by Crippen LogP contribution is 2.19. The van der Waals surface area contributed by atoms with Crippen LogP contribution in [0.1, 0.15) is 18.4 Å². The number of piperidine rings is 1. The Morgan fingerprint density at radius 3 is 2.50 bits per heavy atom. The molecule has 1 aromatic carbocycles. The minimum Gasteiger partial charge on any atom is -0.409 e. The molecule has 0 aliphatic carbocycles. The smallest absolute Gasteiger partial charge is 0.142 e. The van der Waals surface area contributed by atoms with Crippen LogP contribution < -0.4 is 5.73 Å². The number of nitrogens with two attached hydrogens (primary N) is 1. The first kappa shape index (κ1) is 13.2. The van der Waals surface area contributed by atoms with Gasteiger partial charge in [0.1, 0.15) is 5.84 Å². The lowest BCUT2D eigenvalue weighted by atomic mass is 9.95. The normalized spacial score (nSPS) is 19.1. The van der Waals surface area contributed by atoms with E-state index in [4.69, 9.17) is 22.5 Å². The number of likely N-dealkylation sites (tertiary alicyclic amines) is 1. The van der Waals surface area contributed by atoms with Gasteiger partial charge in [-0.15, -0.1) is 0 Å². The van der Waals surface area contributed by atoms with Gasteiger partial charge in [-0.25, -0.2) is 0 Å². The third-order valence-electron chi connectivity index (χ3n) is 3.44. The fourth-order valence-electron chi connectivity index (χ4n) is 2.32. The van der Waals surface area contributed by atoms with Gasteiger partial charge in [-0.05, 0) is 43.6 Å². The largest absolute Gasteiger partial charge is 0.409 e. The van der Waals surface area contributed by atoms with Gasteiger partial charge in [-0.3, -0.25) is 4.90 Å². The highest BCUT2D eigenvalue weighted by molar-refractivity contribution is 6.30. The van der Waals surface area contributed by atoms with Crippen molar-refractivity contribution in [2.75, 3.05) is 13.1 Å². The van der Waals surface area contributed by atoms with Crippen LogP contribution >= 0.6 is 11.6 Å². The molecule has 1 aromatic rings. The average molecular weight is 268 g/mol. The van der Waals surface area contributed by atoms with Crippen molar-refractivity contribution in [3.05, 3.63) is 34.9 Å². The molecule has 1 fully saturated rings. The number of hydrogen-bond donors (Lipinski definition) is 2. The Hall–Kier alpha value is -1.26. The molecule has 98 valence electrons. The summed E-state index contributed by atoms with van der Waals surface area (Å²) in [5, 5.41) is 12.5. The number of oxime groups is 1. The molecule has 2 rings (SSSR count). The highest BCUT2D eigenvalue weighted by atomic mass is 35.5. The molecule has 0 radical (unpaired) electrons. The number of rotatable bonds is 3. The summed E-state index contributed by atoms with van der Waals surface area (Å²) >= 11 is 5.86. The fraction of sp³-hybridized carbons (Fsp3) is 0.462. The van der Waals surface area contributed by atoms with E-state index in [-0.39, 0.29) is 5.92 Å². The molecule has 5 heteroatoms. The first-order chi connectivity index (χ1) is 8.69. The molecular weight excluding hydrogens is 250 g/mol. The molecular formula is C13H18ClN3O. The third-order valence-corrected chi connectivity index (χ3v) is 3.69. The van der Waals surface area contributed by atoms with E-state index in [9.17, 15) is 0 Å². The maximum Gasteiger partial charge on any atom is 0.142 e. The van der Waals surface area contributed by atoms with E-state index in [1.165, 1.54) is 5.56 Å². The van der Waals surface area contributed by atoms with Gasteiger partial charge in [0.05, 0.1) is 0 Å².